The Labute approximate surface area is 174 Å². The van der Waals surface area contributed by atoms with Crippen molar-refractivity contribution in [3.63, 3.8) is 0 Å². The van der Waals surface area contributed by atoms with Crippen molar-refractivity contribution in [3.05, 3.63) is 71.3 Å². The monoisotopic (exact) mass is 416 g/mol. The number of carbonyl (C=O) groups is 2. The lowest BCUT2D eigenvalue weighted by Gasteiger charge is -2.14. The molecule has 0 unspecified atom stereocenters. The fourth-order valence-corrected chi connectivity index (χ4v) is 4.01. The van der Waals surface area contributed by atoms with Gasteiger partial charge in [-0.3, -0.25) is 9.59 Å². The molecule has 8 nitrogen and oxygen atoms in total. The van der Waals surface area contributed by atoms with Gasteiger partial charge in [-0.15, -0.1) is 0 Å². The molecule has 0 radical (unpaired) electrons. The molecule has 31 heavy (non-hydrogen) atoms. The standard InChI is InChI=1S/C22H13FN4O4/c1-11-18-19-15(9-24-20(18)27(25-11)14-4-2-3-12(23)7-14)21(28)26(22(19)29)13-5-6-16-17(8-13)31-10-30-16/h2-9H,10H2,1H3. The van der Waals surface area contributed by atoms with Crippen LogP contribution >= 0.6 is 0 Å². The van der Waals surface area contributed by atoms with E-state index in [1.165, 1.54) is 23.0 Å². The molecule has 0 aliphatic carbocycles. The Hall–Kier alpha value is -4.27. The van der Waals surface area contributed by atoms with Gasteiger partial charge in [0.1, 0.15) is 5.82 Å². The van der Waals surface area contributed by atoms with E-state index in [9.17, 15) is 14.0 Å². The molecule has 4 heterocycles. The topological polar surface area (TPSA) is 86.6 Å². The number of fused-ring (bicyclic) bond motifs is 4. The van der Waals surface area contributed by atoms with Crippen LogP contribution in [-0.4, -0.2) is 33.4 Å². The van der Waals surface area contributed by atoms with E-state index in [0.29, 0.717) is 39.6 Å². The maximum atomic E-state index is 13.7. The third-order valence-electron chi connectivity index (χ3n) is 5.39. The van der Waals surface area contributed by atoms with E-state index in [0.717, 1.165) is 4.90 Å². The third kappa shape index (κ3) is 2.40. The van der Waals surface area contributed by atoms with Gasteiger partial charge in [0.25, 0.3) is 11.8 Å². The van der Waals surface area contributed by atoms with E-state index in [1.807, 2.05) is 0 Å². The van der Waals surface area contributed by atoms with Crippen molar-refractivity contribution in [1.82, 2.24) is 14.8 Å². The van der Waals surface area contributed by atoms with E-state index < -0.39 is 17.6 Å². The zero-order valence-electron chi connectivity index (χ0n) is 16.1. The summed E-state index contributed by atoms with van der Waals surface area (Å²) in [7, 11) is 0. The van der Waals surface area contributed by atoms with Crippen molar-refractivity contribution < 1.29 is 23.5 Å². The first-order valence-corrected chi connectivity index (χ1v) is 9.45. The van der Waals surface area contributed by atoms with Crippen molar-refractivity contribution in [3.8, 4) is 17.2 Å². The van der Waals surface area contributed by atoms with Gasteiger partial charge in [-0.2, -0.15) is 5.10 Å². The van der Waals surface area contributed by atoms with Crippen LogP contribution in [0.25, 0.3) is 16.7 Å². The predicted octanol–water partition coefficient (Wildman–Crippen LogP) is 3.40. The first kappa shape index (κ1) is 17.6. The van der Waals surface area contributed by atoms with Gasteiger partial charge in [0.2, 0.25) is 6.79 Å². The number of rotatable bonds is 2. The highest BCUT2D eigenvalue weighted by Crippen LogP contribution is 2.39. The number of amides is 2. The average Bonchev–Trinajstić information content (AvgIpc) is 3.43. The van der Waals surface area contributed by atoms with Crippen molar-refractivity contribution in [2.75, 3.05) is 11.7 Å². The normalized spacial score (nSPS) is 14.6. The number of nitrogens with zero attached hydrogens (tertiary/aromatic N) is 4. The van der Waals surface area contributed by atoms with Gasteiger partial charge < -0.3 is 9.47 Å². The first-order chi connectivity index (χ1) is 15.0. The van der Waals surface area contributed by atoms with Gasteiger partial charge in [0, 0.05) is 12.3 Å². The number of carbonyl (C=O) groups excluding carboxylic acids is 2. The molecule has 2 aliphatic heterocycles. The number of aryl methyl sites for hydroxylation is 1. The summed E-state index contributed by atoms with van der Waals surface area (Å²) in [5.74, 6) is -0.358. The Morgan fingerprint density at radius 3 is 2.68 bits per heavy atom. The molecule has 2 amide bonds. The summed E-state index contributed by atoms with van der Waals surface area (Å²) < 4.78 is 25.9. The van der Waals surface area contributed by atoms with Crippen LogP contribution in [0.4, 0.5) is 10.1 Å². The second kappa shape index (κ2) is 6.11. The Kier molecular flexibility index (Phi) is 3.47. The molecule has 4 aromatic rings. The molecular weight excluding hydrogens is 403 g/mol. The van der Waals surface area contributed by atoms with E-state index in [4.69, 9.17) is 9.47 Å². The molecule has 0 atom stereocenters. The van der Waals surface area contributed by atoms with Gasteiger partial charge in [-0.1, -0.05) is 6.07 Å². The minimum atomic E-state index is -0.480. The lowest BCUT2D eigenvalue weighted by molar-refractivity contribution is 0.0926. The number of anilines is 1. The summed E-state index contributed by atoms with van der Waals surface area (Å²) in [6.07, 6.45) is 1.36. The summed E-state index contributed by atoms with van der Waals surface area (Å²) in [4.78, 5) is 32.0. The van der Waals surface area contributed by atoms with Crippen molar-refractivity contribution in [2.45, 2.75) is 6.92 Å². The van der Waals surface area contributed by atoms with Crippen LogP contribution in [-0.2, 0) is 0 Å². The fraction of sp³-hybridized carbons (Fsp3) is 0.0909. The zero-order valence-corrected chi connectivity index (χ0v) is 16.1. The highest BCUT2D eigenvalue weighted by atomic mass is 19.1. The first-order valence-electron chi connectivity index (χ1n) is 9.45. The smallest absolute Gasteiger partial charge is 0.267 e. The van der Waals surface area contributed by atoms with Gasteiger partial charge in [-0.25, -0.2) is 19.0 Å². The molecule has 0 N–H and O–H groups in total. The van der Waals surface area contributed by atoms with Crippen LogP contribution in [0, 0.1) is 12.7 Å². The molecule has 6 rings (SSSR count). The highest BCUT2D eigenvalue weighted by Gasteiger charge is 2.40. The molecule has 0 spiro atoms. The molecule has 2 aromatic carbocycles. The Morgan fingerprint density at radius 2 is 1.84 bits per heavy atom. The third-order valence-corrected chi connectivity index (χ3v) is 5.39. The Morgan fingerprint density at radius 1 is 1.00 bits per heavy atom. The molecule has 2 aliphatic rings. The quantitative estimate of drug-likeness (QED) is 0.466. The maximum absolute atomic E-state index is 13.7. The molecule has 0 saturated heterocycles. The highest BCUT2D eigenvalue weighted by molar-refractivity contribution is 6.37. The summed E-state index contributed by atoms with van der Waals surface area (Å²) >= 11 is 0. The van der Waals surface area contributed by atoms with Crippen LogP contribution in [0.2, 0.25) is 0 Å². The maximum Gasteiger partial charge on any atom is 0.267 e. The number of halogens is 1. The molecule has 0 saturated carbocycles. The SMILES string of the molecule is Cc1nn(-c2cccc(F)c2)c2ncc3c(c12)C(=O)N(c1ccc2c(c1)OCO2)C3=O. The van der Waals surface area contributed by atoms with Crippen LogP contribution in [0.3, 0.4) is 0 Å². The minimum absolute atomic E-state index is 0.0872. The van der Waals surface area contributed by atoms with Crippen molar-refractivity contribution >= 4 is 28.5 Å². The summed E-state index contributed by atoms with van der Waals surface area (Å²) in [5.41, 5.74) is 2.14. The van der Waals surface area contributed by atoms with Crippen LogP contribution in [0.5, 0.6) is 11.5 Å². The molecule has 9 heteroatoms. The number of imide groups is 1. The second-order valence-electron chi connectivity index (χ2n) is 7.21. The van der Waals surface area contributed by atoms with Crippen LogP contribution in [0.15, 0.2) is 48.7 Å². The molecule has 152 valence electrons. The second-order valence-corrected chi connectivity index (χ2v) is 7.21. The predicted molar refractivity (Wildman–Crippen MR) is 107 cm³/mol. The van der Waals surface area contributed by atoms with Crippen molar-refractivity contribution in [2.24, 2.45) is 0 Å². The van der Waals surface area contributed by atoms with Crippen molar-refractivity contribution in [1.29, 1.82) is 0 Å². The average molecular weight is 416 g/mol. The minimum Gasteiger partial charge on any atom is -0.454 e. The number of benzene rings is 2. The zero-order chi connectivity index (χ0) is 21.3. The van der Waals surface area contributed by atoms with Crippen LogP contribution in [0.1, 0.15) is 26.4 Å². The number of hydrogen-bond acceptors (Lipinski definition) is 6. The Bertz CT molecular complexity index is 1450. The summed E-state index contributed by atoms with van der Waals surface area (Å²) in [5, 5.41) is 4.91. The number of pyridine rings is 1. The lowest BCUT2D eigenvalue weighted by atomic mass is 10.1. The largest absolute Gasteiger partial charge is 0.454 e. The Balaban J connectivity index is 1.52. The van der Waals surface area contributed by atoms with Gasteiger partial charge in [0.15, 0.2) is 17.1 Å². The molecule has 0 fully saturated rings. The van der Waals surface area contributed by atoms with Gasteiger partial charge in [0.05, 0.1) is 33.6 Å². The number of hydrogen-bond donors (Lipinski definition) is 0. The van der Waals surface area contributed by atoms with E-state index in [1.54, 1.807) is 37.3 Å². The molecule has 0 bridgehead atoms. The molecule has 2 aromatic heterocycles. The molecular formula is C22H13FN4O4. The van der Waals surface area contributed by atoms with E-state index in [2.05, 4.69) is 10.1 Å². The number of aromatic nitrogens is 3. The number of ether oxygens (including phenoxy) is 2. The van der Waals surface area contributed by atoms with E-state index in [-0.39, 0.29) is 17.9 Å². The fourth-order valence-electron chi connectivity index (χ4n) is 4.01. The summed E-state index contributed by atoms with van der Waals surface area (Å²) in [6, 6.07) is 10.8. The van der Waals surface area contributed by atoms with Gasteiger partial charge >= 0.3 is 0 Å². The summed E-state index contributed by atoms with van der Waals surface area (Å²) in [6.45, 7) is 1.81. The van der Waals surface area contributed by atoms with Crippen LogP contribution < -0.4 is 14.4 Å². The lowest BCUT2D eigenvalue weighted by Crippen LogP contribution is -2.29. The van der Waals surface area contributed by atoms with E-state index >= 15 is 0 Å². The van der Waals surface area contributed by atoms with Gasteiger partial charge in [-0.05, 0) is 37.3 Å².